The molecule has 0 N–H and O–H groups in total. The summed E-state index contributed by atoms with van der Waals surface area (Å²) in [4.78, 5) is 25.2. The van der Waals surface area contributed by atoms with Gasteiger partial charge in [-0.15, -0.1) is 0 Å². The van der Waals surface area contributed by atoms with E-state index in [0.29, 0.717) is 6.42 Å². The third kappa shape index (κ3) is 1.79. The molecule has 2 aliphatic rings. The van der Waals surface area contributed by atoms with Crippen molar-refractivity contribution in [1.29, 1.82) is 0 Å². The van der Waals surface area contributed by atoms with E-state index in [1.54, 1.807) is 0 Å². The van der Waals surface area contributed by atoms with Crippen LogP contribution >= 0.6 is 0 Å². The summed E-state index contributed by atoms with van der Waals surface area (Å²) >= 11 is 0. The number of ether oxygens (including phenoxy) is 1. The van der Waals surface area contributed by atoms with Crippen molar-refractivity contribution in [3.63, 3.8) is 0 Å². The second kappa shape index (κ2) is 4.69. The molecule has 112 valence electrons. The highest BCUT2D eigenvalue weighted by atomic mass is 16.5. The molecule has 0 radical (unpaired) electrons. The van der Waals surface area contributed by atoms with E-state index in [9.17, 15) is 9.59 Å². The van der Waals surface area contributed by atoms with Crippen LogP contribution in [0.2, 0.25) is 0 Å². The molecule has 21 heavy (non-hydrogen) atoms. The van der Waals surface area contributed by atoms with Crippen LogP contribution in [0.15, 0.2) is 30.3 Å². The zero-order valence-corrected chi connectivity index (χ0v) is 12.9. The van der Waals surface area contributed by atoms with Gasteiger partial charge in [0.05, 0.1) is 12.5 Å². The normalized spacial score (nSPS) is 33.8. The molecule has 1 aromatic carbocycles. The first-order chi connectivity index (χ1) is 9.94. The number of rotatable bonds is 2. The minimum Gasteiger partial charge on any atom is -0.469 e. The minimum absolute atomic E-state index is 0.0788. The van der Waals surface area contributed by atoms with Crippen molar-refractivity contribution in [1.82, 2.24) is 0 Å². The molecule has 3 atom stereocenters. The predicted molar refractivity (Wildman–Crippen MR) is 79.8 cm³/mol. The lowest BCUT2D eigenvalue weighted by Crippen LogP contribution is -2.39. The first kappa shape index (κ1) is 14.3. The predicted octanol–water partition coefficient (Wildman–Crippen LogP) is 3.34. The SMILES string of the molecule is COC(=O)[C@]12CC(=O)C(C)(C)[C@H]1CC[C@@H]2c1ccccc1. The zero-order chi connectivity index (χ0) is 15.3. The average Bonchev–Trinajstić information content (AvgIpc) is 2.95. The standard InChI is InChI=1S/C18H22O3/c1-17(2)14-10-9-13(12-7-5-4-6-8-12)18(14,11-15(17)19)16(20)21-3/h4-8,13-14H,9-11H2,1-3H3/t13-,14-,18+/m1/s1. The van der Waals surface area contributed by atoms with Crippen molar-refractivity contribution in [2.45, 2.75) is 39.0 Å². The molecule has 0 heterocycles. The van der Waals surface area contributed by atoms with Gasteiger partial charge in [0, 0.05) is 17.8 Å². The van der Waals surface area contributed by atoms with Crippen LogP contribution in [0.1, 0.15) is 44.6 Å². The Morgan fingerprint density at radius 3 is 2.48 bits per heavy atom. The minimum atomic E-state index is -0.670. The number of carbonyl (C=O) groups is 2. The molecular formula is C18H22O3. The molecule has 0 aliphatic heterocycles. The molecule has 0 amide bonds. The summed E-state index contributed by atoms with van der Waals surface area (Å²) in [6.07, 6.45) is 2.17. The Morgan fingerprint density at radius 1 is 1.19 bits per heavy atom. The third-order valence-electron chi connectivity index (χ3n) is 5.80. The molecular weight excluding hydrogens is 264 g/mol. The number of ketones is 1. The van der Waals surface area contributed by atoms with E-state index in [-0.39, 0.29) is 23.6 Å². The Morgan fingerprint density at radius 2 is 1.86 bits per heavy atom. The topological polar surface area (TPSA) is 43.4 Å². The highest BCUT2D eigenvalue weighted by Gasteiger charge is 2.67. The van der Waals surface area contributed by atoms with Gasteiger partial charge in [0.15, 0.2) is 0 Å². The lowest BCUT2D eigenvalue weighted by molar-refractivity contribution is -0.156. The first-order valence-electron chi connectivity index (χ1n) is 7.61. The van der Waals surface area contributed by atoms with E-state index >= 15 is 0 Å². The van der Waals surface area contributed by atoms with Crippen LogP contribution in [0.4, 0.5) is 0 Å². The summed E-state index contributed by atoms with van der Waals surface area (Å²) in [5.41, 5.74) is 0.0462. The molecule has 3 nitrogen and oxygen atoms in total. The van der Waals surface area contributed by atoms with Gasteiger partial charge in [-0.05, 0) is 24.3 Å². The fraction of sp³-hybridized carbons (Fsp3) is 0.556. The van der Waals surface area contributed by atoms with Crippen LogP contribution in [0.5, 0.6) is 0 Å². The number of fused-ring (bicyclic) bond motifs is 1. The molecule has 0 spiro atoms. The van der Waals surface area contributed by atoms with Gasteiger partial charge in [0.1, 0.15) is 5.78 Å². The molecule has 0 unspecified atom stereocenters. The van der Waals surface area contributed by atoms with Crippen LogP contribution in [0, 0.1) is 16.7 Å². The summed E-state index contributed by atoms with van der Waals surface area (Å²) in [6.45, 7) is 3.97. The van der Waals surface area contributed by atoms with E-state index < -0.39 is 10.8 Å². The molecule has 1 aromatic rings. The van der Waals surface area contributed by atoms with Crippen LogP contribution in [0.25, 0.3) is 0 Å². The quantitative estimate of drug-likeness (QED) is 0.783. The molecule has 0 saturated heterocycles. The second-order valence-electron chi connectivity index (χ2n) is 6.95. The summed E-state index contributed by atoms with van der Waals surface area (Å²) in [6, 6.07) is 10.1. The van der Waals surface area contributed by atoms with Gasteiger partial charge in [0.25, 0.3) is 0 Å². The molecule has 0 bridgehead atoms. The number of esters is 1. The van der Waals surface area contributed by atoms with Gasteiger partial charge in [-0.2, -0.15) is 0 Å². The summed E-state index contributed by atoms with van der Waals surface area (Å²) in [5.74, 6) is 0.147. The van der Waals surface area contributed by atoms with Crippen molar-refractivity contribution < 1.29 is 14.3 Å². The number of Topliss-reactive ketones (excluding diaryl/α,β-unsaturated/α-hetero) is 1. The van der Waals surface area contributed by atoms with E-state index in [0.717, 1.165) is 18.4 Å². The Labute approximate surface area is 125 Å². The lowest BCUT2D eigenvalue weighted by Gasteiger charge is -2.35. The zero-order valence-electron chi connectivity index (χ0n) is 12.9. The van der Waals surface area contributed by atoms with E-state index in [2.05, 4.69) is 12.1 Å². The maximum Gasteiger partial charge on any atom is 0.313 e. The van der Waals surface area contributed by atoms with Crippen molar-refractivity contribution >= 4 is 11.8 Å². The monoisotopic (exact) mass is 286 g/mol. The Balaban J connectivity index is 2.12. The maximum absolute atomic E-state index is 12.7. The Bertz CT molecular complexity index is 575. The van der Waals surface area contributed by atoms with Crippen molar-refractivity contribution in [3.05, 3.63) is 35.9 Å². The number of methoxy groups -OCH3 is 1. The van der Waals surface area contributed by atoms with Gasteiger partial charge in [0.2, 0.25) is 0 Å². The number of hydrogen-bond acceptors (Lipinski definition) is 3. The largest absolute Gasteiger partial charge is 0.469 e. The second-order valence-corrected chi connectivity index (χ2v) is 6.95. The van der Waals surface area contributed by atoms with Crippen LogP contribution in [-0.4, -0.2) is 18.9 Å². The fourth-order valence-corrected chi connectivity index (χ4v) is 4.73. The molecule has 3 rings (SSSR count). The molecule has 0 aromatic heterocycles. The van der Waals surface area contributed by atoms with Crippen LogP contribution in [-0.2, 0) is 14.3 Å². The molecule has 2 aliphatic carbocycles. The Kier molecular flexibility index (Phi) is 3.19. The van der Waals surface area contributed by atoms with Crippen LogP contribution < -0.4 is 0 Å². The van der Waals surface area contributed by atoms with Crippen molar-refractivity contribution in [2.24, 2.45) is 16.7 Å². The summed E-state index contributed by atoms with van der Waals surface area (Å²) in [7, 11) is 1.43. The highest BCUT2D eigenvalue weighted by Crippen LogP contribution is 2.66. The van der Waals surface area contributed by atoms with Crippen molar-refractivity contribution in [2.75, 3.05) is 7.11 Å². The third-order valence-corrected chi connectivity index (χ3v) is 5.80. The van der Waals surface area contributed by atoms with Gasteiger partial charge >= 0.3 is 5.97 Å². The lowest BCUT2D eigenvalue weighted by atomic mass is 9.67. The highest BCUT2D eigenvalue weighted by molar-refractivity contribution is 5.96. The van der Waals surface area contributed by atoms with E-state index in [1.807, 2.05) is 32.0 Å². The smallest absolute Gasteiger partial charge is 0.313 e. The van der Waals surface area contributed by atoms with Gasteiger partial charge in [-0.25, -0.2) is 0 Å². The van der Waals surface area contributed by atoms with Gasteiger partial charge < -0.3 is 4.74 Å². The fourth-order valence-electron chi connectivity index (χ4n) is 4.73. The van der Waals surface area contributed by atoms with Gasteiger partial charge in [-0.3, -0.25) is 9.59 Å². The van der Waals surface area contributed by atoms with E-state index in [4.69, 9.17) is 4.74 Å². The van der Waals surface area contributed by atoms with Gasteiger partial charge in [-0.1, -0.05) is 44.2 Å². The maximum atomic E-state index is 12.7. The molecule has 2 fully saturated rings. The number of hydrogen-bond donors (Lipinski definition) is 0. The Hall–Kier alpha value is -1.64. The van der Waals surface area contributed by atoms with E-state index in [1.165, 1.54) is 7.11 Å². The average molecular weight is 286 g/mol. The molecule has 3 heteroatoms. The first-order valence-corrected chi connectivity index (χ1v) is 7.61. The summed E-state index contributed by atoms with van der Waals surface area (Å²) in [5, 5.41) is 0. The number of carbonyl (C=O) groups excluding carboxylic acids is 2. The van der Waals surface area contributed by atoms with Crippen molar-refractivity contribution in [3.8, 4) is 0 Å². The molecule has 2 saturated carbocycles. The summed E-state index contributed by atoms with van der Waals surface area (Å²) < 4.78 is 5.14. The van der Waals surface area contributed by atoms with Crippen LogP contribution in [0.3, 0.4) is 0 Å². The number of benzene rings is 1.